The molecule has 1 N–H and O–H groups in total. The lowest BCUT2D eigenvalue weighted by Gasteiger charge is -2.19. The fourth-order valence-electron chi connectivity index (χ4n) is 3.38. The number of likely N-dealkylation sites (tertiary alicyclic amines) is 1. The Morgan fingerprint density at radius 1 is 1.32 bits per heavy atom. The standard InChI is InChI=1S/C19H26N4O2/c1-21(2)8-9-23-13-14(10-18(23)24)19(25)20-11-15-12-22(3)17-7-5-4-6-16(15)17/h4-7,12,14H,8-11,13H2,1-3H3,(H,20,25). The summed E-state index contributed by atoms with van der Waals surface area (Å²) >= 11 is 0. The van der Waals surface area contributed by atoms with Crippen LogP contribution in [-0.2, 0) is 23.2 Å². The van der Waals surface area contributed by atoms with Crippen molar-refractivity contribution in [1.29, 1.82) is 0 Å². The van der Waals surface area contributed by atoms with Gasteiger partial charge in [-0.25, -0.2) is 0 Å². The number of nitrogens with zero attached hydrogens (tertiary/aromatic N) is 3. The Kier molecular flexibility index (Phi) is 5.08. The van der Waals surface area contributed by atoms with E-state index in [2.05, 4.69) is 22.0 Å². The van der Waals surface area contributed by atoms with Crippen LogP contribution in [0.5, 0.6) is 0 Å². The van der Waals surface area contributed by atoms with E-state index >= 15 is 0 Å². The Morgan fingerprint density at radius 3 is 2.84 bits per heavy atom. The molecule has 134 valence electrons. The van der Waals surface area contributed by atoms with E-state index in [0.717, 1.165) is 23.0 Å². The maximum atomic E-state index is 12.5. The summed E-state index contributed by atoms with van der Waals surface area (Å²) in [6.45, 7) is 2.51. The van der Waals surface area contributed by atoms with E-state index in [1.165, 1.54) is 0 Å². The average molecular weight is 342 g/mol. The van der Waals surface area contributed by atoms with Crippen molar-refractivity contribution in [2.24, 2.45) is 13.0 Å². The number of para-hydroxylation sites is 1. The predicted molar refractivity (Wildman–Crippen MR) is 98.0 cm³/mol. The quantitative estimate of drug-likeness (QED) is 0.858. The van der Waals surface area contributed by atoms with E-state index in [9.17, 15) is 9.59 Å². The van der Waals surface area contributed by atoms with Gasteiger partial charge in [0.2, 0.25) is 11.8 Å². The minimum Gasteiger partial charge on any atom is -0.352 e. The normalized spacial score (nSPS) is 17.7. The van der Waals surface area contributed by atoms with Gasteiger partial charge in [0.15, 0.2) is 0 Å². The molecule has 2 aromatic rings. The number of fused-ring (bicyclic) bond motifs is 1. The average Bonchev–Trinajstić information content (AvgIpc) is 3.12. The van der Waals surface area contributed by atoms with Crippen molar-refractivity contribution in [2.45, 2.75) is 13.0 Å². The van der Waals surface area contributed by atoms with Crippen LogP contribution in [0.2, 0.25) is 0 Å². The molecule has 0 radical (unpaired) electrons. The maximum Gasteiger partial charge on any atom is 0.225 e. The van der Waals surface area contributed by atoms with Gasteiger partial charge in [0.1, 0.15) is 0 Å². The third kappa shape index (κ3) is 3.85. The molecule has 1 aliphatic rings. The highest BCUT2D eigenvalue weighted by molar-refractivity contribution is 5.90. The van der Waals surface area contributed by atoms with Gasteiger partial charge in [-0.2, -0.15) is 0 Å². The van der Waals surface area contributed by atoms with Gasteiger partial charge in [-0.1, -0.05) is 18.2 Å². The van der Waals surface area contributed by atoms with Gasteiger partial charge in [0.05, 0.1) is 5.92 Å². The molecule has 0 bridgehead atoms. The molecular weight excluding hydrogens is 316 g/mol. The smallest absolute Gasteiger partial charge is 0.225 e. The molecule has 0 saturated carbocycles. The van der Waals surface area contributed by atoms with Crippen LogP contribution >= 0.6 is 0 Å². The molecule has 1 aliphatic heterocycles. The Hall–Kier alpha value is -2.34. The van der Waals surface area contributed by atoms with Crippen molar-refractivity contribution < 1.29 is 9.59 Å². The van der Waals surface area contributed by atoms with Gasteiger partial charge in [0, 0.05) is 56.7 Å². The van der Waals surface area contributed by atoms with Crippen LogP contribution in [0.25, 0.3) is 10.9 Å². The minimum atomic E-state index is -0.246. The topological polar surface area (TPSA) is 57.6 Å². The van der Waals surface area contributed by atoms with Crippen molar-refractivity contribution in [3.8, 4) is 0 Å². The number of amides is 2. The molecule has 1 aromatic carbocycles. The Balaban J connectivity index is 1.58. The first-order chi connectivity index (χ1) is 12.0. The summed E-state index contributed by atoms with van der Waals surface area (Å²) in [4.78, 5) is 28.4. The molecule has 2 amide bonds. The highest BCUT2D eigenvalue weighted by Gasteiger charge is 2.33. The lowest BCUT2D eigenvalue weighted by atomic mass is 10.1. The molecule has 1 atom stereocenters. The number of hydrogen-bond acceptors (Lipinski definition) is 3. The maximum absolute atomic E-state index is 12.5. The van der Waals surface area contributed by atoms with Gasteiger partial charge in [-0.3, -0.25) is 9.59 Å². The summed E-state index contributed by atoms with van der Waals surface area (Å²) in [7, 11) is 5.97. The molecule has 0 spiro atoms. The van der Waals surface area contributed by atoms with Crippen LogP contribution in [0.15, 0.2) is 30.5 Å². The fourth-order valence-corrected chi connectivity index (χ4v) is 3.38. The molecule has 1 unspecified atom stereocenters. The zero-order valence-electron chi connectivity index (χ0n) is 15.2. The molecule has 1 aromatic heterocycles. The van der Waals surface area contributed by atoms with Crippen LogP contribution in [0.4, 0.5) is 0 Å². The van der Waals surface area contributed by atoms with E-state index in [1.54, 1.807) is 4.90 Å². The number of rotatable bonds is 6. The summed E-state index contributed by atoms with van der Waals surface area (Å²) in [6, 6.07) is 8.15. The number of likely N-dealkylation sites (N-methyl/N-ethyl adjacent to an activating group) is 1. The highest BCUT2D eigenvalue weighted by atomic mass is 16.2. The molecule has 3 rings (SSSR count). The summed E-state index contributed by atoms with van der Waals surface area (Å²) in [5.74, 6) is -0.203. The van der Waals surface area contributed by atoms with Crippen LogP contribution in [0.1, 0.15) is 12.0 Å². The van der Waals surface area contributed by atoms with E-state index in [1.807, 2.05) is 44.4 Å². The largest absolute Gasteiger partial charge is 0.352 e. The molecule has 1 saturated heterocycles. The fraction of sp³-hybridized carbons (Fsp3) is 0.474. The molecular formula is C19H26N4O2. The summed E-state index contributed by atoms with van der Waals surface area (Å²) in [5.41, 5.74) is 2.25. The molecule has 0 aliphatic carbocycles. The van der Waals surface area contributed by atoms with E-state index < -0.39 is 0 Å². The number of aromatic nitrogens is 1. The molecule has 6 heteroatoms. The molecule has 25 heavy (non-hydrogen) atoms. The Morgan fingerprint density at radius 2 is 2.08 bits per heavy atom. The number of carbonyl (C=O) groups is 2. The third-order valence-corrected chi connectivity index (χ3v) is 4.83. The number of nitrogens with one attached hydrogen (secondary N) is 1. The summed E-state index contributed by atoms with van der Waals surface area (Å²) in [5, 5.41) is 4.16. The van der Waals surface area contributed by atoms with E-state index in [0.29, 0.717) is 26.1 Å². The van der Waals surface area contributed by atoms with E-state index in [4.69, 9.17) is 0 Å². The Labute approximate surface area is 148 Å². The second-order valence-corrected chi connectivity index (χ2v) is 7.04. The first-order valence-electron chi connectivity index (χ1n) is 8.69. The van der Waals surface area contributed by atoms with Gasteiger partial charge >= 0.3 is 0 Å². The van der Waals surface area contributed by atoms with Gasteiger partial charge in [-0.15, -0.1) is 0 Å². The predicted octanol–water partition coefficient (Wildman–Crippen LogP) is 1.20. The third-order valence-electron chi connectivity index (χ3n) is 4.83. The zero-order valence-corrected chi connectivity index (χ0v) is 15.2. The first-order valence-corrected chi connectivity index (χ1v) is 8.69. The first kappa shape index (κ1) is 17.5. The van der Waals surface area contributed by atoms with Crippen molar-refractivity contribution in [2.75, 3.05) is 33.7 Å². The number of carbonyl (C=O) groups excluding carboxylic acids is 2. The highest BCUT2D eigenvalue weighted by Crippen LogP contribution is 2.21. The van der Waals surface area contributed by atoms with Crippen molar-refractivity contribution in [3.05, 3.63) is 36.0 Å². The molecule has 2 heterocycles. The van der Waals surface area contributed by atoms with Crippen LogP contribution in [-0.4, -0.2) is 59.9 Å². The van der Waals surface area contributed by atoms with Crippen LogP contribution in [0, 0.1) is 5.92 Å². The van der Waals surface area contributed by atoms with Gasteiger partial charge < -0.3 is 19.7 Å². The van der Waals surface area contributed by atoms with E-state index in [-0.39, 0.29) is 17.7 Å². The molecule has 1 fully saturated rings. The van der Waals surface area contributed by atoms with Gasteiger partial charge in [-0.05, 0) is 25.7 Å². The monoisotopic (exact) mass is 342 g/mol. The number of benzene rings is 1. The molecule has 6 nitrogen and oxygen atoms in total. The van der Waals surface area contributed by atoms with Crippen molar-refractivity contribution in [1.82, 2.24) is 19.7 Å². The SMILES string of the molecule is CN(C)CCN1CC(C(=O)NCc2cn(C)c3ccccc23)CC1=O. The zero-order chi connectivity index (χ0) is 18.0. The Bertz CT molecular complexity index is 781. The van der Waals surface area contributed by atoms with Gasteiger partial charge in [0.25, 0.3) is 0 Å². The van der Waals surface area contributed by atoms with Crippen LogP contribution < -0.4 is 5.32 Å². The number of aryl methyl sites for hydroxylation is 1. The number of hydrogen-bond donors (Lipinski definition) is 1. The lowest BCUT2D eigenvalue weighted by molar-refractivity contribution is -0.129. The van der Waals surface area contributed by atoms with Crippen molar-refractivity contribution >= 4 is 22.7 Å². The second-order valence-electron chi connectivity index (χ2n) is 7.04. The second kappa shape index (κ2) is 7.27. The lowest BCUT2D eigenvalue weighted by Crippen LogP contribution is -2.35. The summed E-state index contributed by atoms with van der Waals surface area (Å²) in [6.07, 6.45) is 2.36. The van der Waals surface area contributed by atoms with Crippen LogP contribution in [0.3, 0.4) is 0 Å². The van der Waals surface area contributed by atoms with Crippen molar-refractivity contribution in [3.63, 3.8) is 0 Å². The summed E-state index contributed by atoms with van der Waals surface area (Å²) < 4.78 is 2.07. The minimum absolute atomic E-state index is 0.0337.